The molecule has 76 valence electrons. The number of aliphatic imine (C=N–C) groups is 2. The van der Waals surface area contributed by atoms with Gasteiger partial charge in [-0.05, 0) is 25.9 Å². The number of nitrogens with one attached hydrogen (secondary N) is 2. The van der Waals surface area contributed by atoms with Crippen LogP contribution in [-0.2, 0) is 4.79 Å². The average molecular weight is 194 g/mol. The van der Waals surface area contributed by atoms with Gasteiger partial charge >= 0.3 is 0 Å². The van der Waals surface area contributed by atoms with Crippen LogP contribution in [0.5, 0.6) is 0 Å². The van der Waals surface area contributed by atoms with Crippen LogP contribution in [0.1, 0.15) is 12.8 Å². The van der Waals surface area contributed by atoms with Gasteiger partial charge in [-0.1, -0.05) is 0 Å². The van der Waals surface area contributed by atoms with Crippen LogP contribution in [0.2, 0.25) is 0 Å². The van der Waals surface area contributed by atoms with Gasteiger partial charge in [-0.2, -0.15) is 0 Å². The minimum atomic E-state index is -0.0607. The smallest absolute Gasteiger partial charge is 0.267 e. The van der Waals surface area contributed by atoms with E-state index in [9.17, 15) is 4.79 Å². The van der Waals surface area contributed by atoms with Gasteiger partial charge in [-0.25, -0.2) is 4.99 Å². The maximum absolute atomic E-state index is 11.6. The molecule has 0 aromatic heterocycles. The highest BCUT2D eigenvalue weighted by atomic mass is 16.2. The van der Waals surface area contributed by atoms with Crippen LogP contribution in [0, 0.1) is 0 Å². The van der Waals surface area contributed by atoms with Gasteiger partial charge in [0.2, 0.25) is 0 Å². The lowest BCUT2D eigenvalue weighted by molar-refractivity contribution is -0.115. The maximum Gasteiger partial charge on any atom is 0.267 e. The van der Waals surface area contributed by atoms with Gasteiger partial charge in [0, 0.05) is 6.04 Å². The lowest BCUT2D eigenvalue weighted by atomic mass is 10.1. The molecule has 0 atom stereocenters. The van der Waals surface area contributed by atoms with E-state index in [1.54, 1.807) is 0 Å². The summed E-state index contributed by atoms with van der Waals surface area (Å²) >= 11 is 0. The first-order valence-corrected chi connectivity index (χ1v) is 4.93. The van der Waals surface area contributed by atoms with Crippen LogP contribution in [0.3, 0.4) is 0 Å². The summed E-state index contributed by atoms with van der Waals surface area (Å²) in [6.07, 6.45) is 3.44. The SMILES string of the molecule is O=C(NC1CCNCC1)C1=NC=NC1. The summed E-state index contributed by atoms with van der Waals surface area (Å²) < 4.78 is 0. The lowest BCUT2D eigenvalue weighted by Crippen LogP contribution is -2.45. The van der Waals surface area contributed by atoms with Crippen molar-refractivity contribution in [2.45, 2.75) is 18.9 Å². The summed E-state index contributed by atoms with van der Waals surface area (Å²) in [5.41, 5.74) is 0.531. The van der Waals surface area contributed by atoms with E-state index < -0.39 is 0 Å². The number of rotatable bonds is 2. The van der Waals surface area contributed by atoms with E-state index >= 15 is 0 Å². The van der Waals surface area contributed by atoms with Crippen LogP contribution >= 0.6 is 0 Å². The Morgan fingerprint density at radius 3 is 2.93 bits per heavy atom. The van der Waals surface area contributed by atoms with Crippen molar-refractivity contribution in [1.82, 2.24) is 10.6 Å². The molecule has 0 aromatic rings. The Hall–Kier alpha value is -1.23. The Balaban J connectivity index is 1.81. The summed E-state index contributed by atoms with van der Waals surface area (Å²) in [5, 5.41) is 6.22. The molecule has 0 saturated carbocycles. The Morgan fingerprint density at radius 1 is 1.50 bits per heavy atom. The second-order valence-electron chi connectivity index (χ2n) is 3.53. The molecular weight excluding hydrogens is 180 g/mol. The highest BCUT2D eigenvalue weighted by Crippen LogP contribution is 2.02. The van der Waals surface area contributed by atoms with Crippen LogP contribution < -0.4 is 10.6 Å². The average Bonchev–Trinajstić information content (AvgIpc) is 2.72. The van der Waals surface area contributed by atoms with Gasteiger partial charge in [-0.15, -0.1) is 0 Å². The van der Waals surface area contributed by atoms with E-state index in [1.807, 2.05) is 0 Å². The fraction of sp³-hybridized carbons (Fsp3) is 0.667. The van der Waals surface area contributed by atoms with E-state index in [0.29, 0.717) is 18.3 Å². The van der Waals surface area contributed by atoms with Crippen molar-refractivity contribution in [3.05, 3.63) is 0 Å². The number of nitrogens with zero attached hydrogens (tertiary/aromatic N) is 2. The van der Waals surface area contributed by atoms with Crippen molar-refractivity contribution >= 4 is 18.0 Å². The molecule has 0 radical (unpaired) electrons. The fourth-order valence-corrected chi connectivity index (χ4v) is 1.64. The molecule has 2 N–H and O–H groups in total. The van der Waals surface area contributed by atoms with E-state index in [0.717, 1.165) is 25.9 Å². The molecule has 0 unspecified atom stereocenters. The molecule has 2 heterocycles. The van der Waals surface area contributed by atoms with Crippen LogP contribution in [0.25, 0.3) is 0 Å². The third kappa shape index (κ3) is 2.17. The molecule has 2 rings (SSSR count). The Morgan fingerprint density at radius 2 is 2.29 bits per heavy atom. The zero-order chi connectivity index (χ0) is 9.80. The minimum absolute atomic E-state index is 0.0607. The minimum Gasteiger partial charge on any atom is -0.348 e. The highest BCUT2D eigenvalue weighted by Gasteiger charge is 2.19. The lowest BCUT2D eigenvalue weighted by Gasteiger charge is -2.23. The molecule has 0 aliphatic carbocycles. The Bertz CT molecular complexity index is 279. The van der Waals surface area contributed by atoms with Gasteiger partial charge in [0.25, 0.3) is 5.91 Å². The quantitative estimate of drug-likeness (QED) is 0.612. The number of hydrogen-bond acceptors (Lipinski definition) is 4. The summed E-state index contributed by atoms with van der Waals surface area (Å²) in [6.45, 7) is 2.39. The zero-order valence-electron chi connectivity index (χ0n) is 7.99. The molecule has 1 saturated heterocycles. The number of piperidine rings is 1. The van der Waals surface area contributed by atoms with Crippen LogP contribution in [-0.4, -0.2) is 43.6 Å². The van der Waals surface area contributed by atoms with Crippen molar-refractivity contribution in [3.63, 3.8) is 0 Å². The molecule has 0 aromatic carbocycles. The van der Waals surface area contributed by atoms with Gasteiger partial charge in [-0.3, -0.25) is 9.79 Å². The predicted molar refractivity (Wildman–Crippen MR) is 54.8 cm³/mol. The monoisotopic (exact) mass is 194 g/mol. The molecule has 5 heteroatoms. The predicted octanol–water partition coefficient (Wildman–Crippen LogP) is -0.662. The van der Waals surface area contributed by atoms with Crippen LogP contribution in [0.15, 0.2) is 9.98 Å². The number of carbonyl (C=O) groups is 1. The van der Waals surface area contributed by atoms with E-state index in [2.05, 4.69) is 20.6 Å². The van der Waals surface area contributed by atoms with Gasteiger partial charge in [0.05, 0.1) is 6.54 Å². The first kappa shape index (κ1) is 9.33. The maximum atomic E-state index is 11.6. The van der Waals surface area contributed by atoms with E-state index in [-0.39, 0.29) is 5.91 Å². The molecule has 1 fully saturated rings. The largest absolute Gasteiger partial charge is 0.348 e. The molecule has 5 nitrogen and oxygen atoms in total. The first-order valence-electron chi connectivity index (χ1n) is 4.93. The molecule has 2 aliphatic heterocycles. The van der Waals surface area contributed by atoms with Crippen molar-refractivity contribution in [2.75, 3.05) is 19.6 Å². The number of amides is 1. The third-order valence-corrected chi connectivity index (χ3v) is 2.47. The summed E-state index contributed by atoms with van der Waals surface area (Å²) in [5.74, 6) is -0.0607. The molecule has 0 bridgehead atoms. The van der Waals surface area contributed by atoms with Crippen molar-refractivity contribution < 1.29 is 4.79 Å². The van der Waals surface area contributed by atoms with Gasteiger partial charge < -0.3 is 10.6 Å². The summed E-state index contributed by atoms with van der Waals surface area (Å²) in [4.78, 5) is 19.3. The molecule has 1 amide bonds. The van der Waals surface area contributed by atoms with E-state index in [1.165, 1.54) is 6.34 Å². The van der Waals surface area contributed by atoms with Gasteiger partial charge in [0.15, 0.2) is 0 Å². The molecule has 14 heavy (non-hydrogen) atoms. The second-order valence-corrected chi connectivity index (χ2v) is 3.53. The normalized spacial score (nSPS) is 22.1. The standard InChI is InChI=1S/C9H14N4O/c14-9(8-5-11-6-12-8)13-7-1-3-10-4-2-7/h6-7,10H,1-5H2,(H,13,14). The number of carbonyl (C=O) groups excluding carboxylic acids is 1. The first-order chi connectivity index (χ1) is 6.86. The third-order valence-electron chi connectivity index (χ3n) is 2.47. The van der Waals surface area contributed by atoms with Crippen molar-refractivity contribution in [2.24, 2.45) is 9.98 Å². The highest BCUT2D eigenvalue weighted by molar-refractivity contribution is 6.41. The Kier molecular flexibility index (Phi) is 2.88. The van der Waals surface area contributed by atoms with Gasteiger partial charge in [0.1, 0.15) is 12.1 Å². The van der Waals surface area contributed by atoms with Crippen molar-refractivity contribution in [3.8, 4) is 0 Å². The van der Waals surface area contributed by atoms with Crippen molar-refractivity contribution in [1.29, 1.82) is 0 Å². The van der Waals surface area contributed by atoms with E-state index in [4.69, 9.17) is 0 Å². The topological polar surface area (TPSA) is 65.8 Å². The molecule has 0 spiro atoms. The van der Waals surface area contributed by atoms with Crippen LogP contribution in [0.4, 0.5) is 0 Å². The molecular formula is C9H14N4O. The second kappa shape index (κ2) is 4.32. The summed E-state index contributed by atoms with van der Waals surface area (Å²) in [6, 6.07) is 0.298. The molecule has 2 aliphatic rings. The number of hydrogen-bond donors (Lipinski definition) is 2. The fourth-order valence-electron chi connectivity index (χ4n) is 1.64. The summed E-state index contributed by atoms with van der Waals surface area (Å²) in [7, 11) is 0. The zero-order valence-corrected chi connectivity index (χ0v) is 7.99. The Labute approximate surface area is 82.7 Å².